The molecule has 0 fully saturated rings. The average Bonchev–Trinajstić information content (AvgIpc) is 2.82. The molecule has 0 bridgehead atoms. The summed E-state index contributed by atoms with van der Waals surface area (Å²) in [5, 5.41) is 8.72. The Morgan fingerprint density at radius 2 is 1.83 bits per heavy atom. The van der Waals surface area contributed by atoms with Crippen LogP contribution in [0.1, 0.15) is 59.3 Å². The molecular weight excluding hydrogens is 444 g/mol. The summed E-state index contributed by atoms with van der Waals surface area (Å²) in [6.45, 7) is 6.90. The van der Waals surface area contributed by atoms with Crippen LogP contribution in [0.4, 0.5) is 0 Å². The van der Waals surface area contributed by atoms with Gasteiger partial charge in [0.2, 0.25) is 17.7 Å². The number of methoxy groups -OCH3 is 1. The van der Waals surface area contributed by atoms with Gasteiger partial charge in [-0.3, -0.25) is 14.4 Å². The van der Waals surface area contributed by atoms with Gasteiger partial charge < -0.3 is 25.6 Å². The standard InChI is InChI=1S/C27H46N4O4/c1-6-21(2)26(30-18-22(3)35-5)27(34)31(4)20-25(33)29-19-24(32)28-17-13-12-16-23-14-10-8-7-9-11-15-23/h7-10,15,21-22,26,30H,6,11-14,16-20H2,1-5H3,(H,28,32)(H,29,33)/b9-7-,10-8-,23-15+/t21?,22-,26?/m1/s1. The van der Waals surface area contributed by atoms with Crippen LogP contribution in [0.15, 0.2) is 36.0 Å². The van der Waals surface area contributed by atoms with Gasteiger partial charge in [-0.2, -0.15) is 0 Å². The van der Waals surface area contributed by atoms with Crippen LogP contribution in [0.3, 0.4) is 0 Å². The fourth-order valence-electron chi connectivity index (χ4n) is 3.65. The molecule has 0 aromatic heterocycles. The highest BCUT2D eigenvalue weighted by Crippen LogP contribution is 2.15. The molecular formula is C27H46N4O4. The van der Waals surface area contributed by atoms with Crippen LogP contribution in [0, 0.1) is 5.92 Å². The van der Waals surface area contributed by atoms with Crippen LogP contribution >= 0.6 is 0 Å². The zero-order valence-corrected chi connectivity index (χ0v) is 22.3. The second-order valence-electron chi connectivity index (χ2n) is 9.25. The number of likely N-dealkylation sites (N-methyl/N-ethyl adjacent to an activating group) is 1. The topological polar surface area (TPSA) is 99.8 Å². The second kappa shape index (κ2) is 17.9. The van der Waals surface area contributed by atoms with E-state index in [2.05, 4.69) is 46.3 Å². The van der Waals surface area contributed by atoms with Crippen molar-refractivity contribution in [1.82, 2.24) is 20.9 Å². The zero-order valence-electron chi connectivity index (χ0n) is 22.3. The third-order valence-electron chi connectivity index (χ3n) is 6.26. The first-order valence-electron chi connectivity index (χ1n) is 12.8. The highest BCUT2D eigenvalue weighted by molar-refractivity contribution is 5.89. The number of unbranched alkanes of at least 4 members (excludes halogenated alkanes) is 1. The van der Waals surface area contributed by atoms with Crippen LogP contribution in [0.5, 0.6) is 0 Å². The first kappa shape index (κ1) is 30.6. The minimum atomic E-state index is -0.399. The Hall–Kier alpha value is -2.45. The van der Waals surface area contributed by atoms with E-state index in [9.17, 15) is 14.4 Å². The van der Waals surface area contributed by atoms with Crippen molar-refractivity contribution >= 4 is 17.7 Å². The van der Waals surface area contributed by atoms with E-state index >= 15 is 0 Å². The van der Waals surface area contributed by atoms with Gasteiger partial charge in [-0.1, -0.05) is 56.2 Å². The van der Waals surface area contributed by atoms with Crippen LogP contribution in [0.2, 0.25) is 0 Å². The Kier molecular flexibility index (Phi) is 15.6. The maximum Gasteiger partial charge on any atom is 0.240 e. The number of amides is 3. The van der Waals surface area contributed by atoms with E-state index in [4.69, 9.17) is 4.74 Å². The van der Waals surface area contributed by atoms with Crippen LogP contribution in [-0.4, -0.2) is 75.1 Å². The third kappa shape index (κ3) is 13.3. The molecule has 8 nitrogen and oxygen atoms in total. The molecule has 3 N–H and O–H groups in total. The number of allylic oxidation sites excluding steroid dienone is 6. The average molecular weight is 491 g/mol. The molecule has 1 aliphatic rings. The molecule has 1 aliphatic carbocycles. The summed E-state index contributed by atoms with van der Waals surface area (Å²) in [5.74, 6) is -0.617. The second-order valence-corrected chi connectivity index (χ2v) is 9.25. The molecule has 3 amide bonds. The largest absolute Gasteiger partial charge is 0.380 e. The number of rotatable bonds is 16. The van der Waals surface area contributed by atoms with E-state index in [0.29, 0.717) is 13.1 Å². The molecule has 0 aromatic carbocycles. The Bertz CT molecular complexity index is 747. The lowest BCUT2D eigenvalue weighted by Gasteiger charge is -2.29. The summed E-state index contributed by atoms with van der Waals surface area (Å²) < 4.78 is 5.25. The smallest absolute Gasteiger partial charge is 0.240 e. The summed E-state index contributed by atoms with van der Waals surface area (Å²) in [5.41, 5.74) is 1.43. The molecule has 0 radical (unpaired) electrons. The van der Waals surface area contributed by atoms with E-state index in [1.165, 1.54) is 10.5 Å². The van der Waals surface area contributed by atoms with E-state index in [-0.39, 0.29) is 42.8 Å². The molecule has 0 saturated heterocycles. The zero-order chi connectivity index (χ0) is 26.1. The Labute approximate surface area is 211 Å². The van der Waals surface area contributed by atoms with Gasteiger partial charge in [-0.25, -0.2) is 0 Å². The molecule has 0 heterocycles. The third-order valence-corrected chi connectivity index (χ3v) is 6.26. The van der Waals surface area contributed by atoms with E-state index in [0.717, 1.165) is 38.5 Å². The molecule has 0 aromatic rings. The maximum absolute atomic E-state index is 12.9. The molecule has 8 heteroatoms. The molecule has 1 rings (SSSR count). The van der Waals surface area contributed by atoms with Gasteiger partial charge in [0.15, 0.2) is 0 Å². The predicted molar refractivity (Wildman–Crippen MR) is 141 cm³/mol. The van der Waals surface area contributed by atoms with Crippen LogP contribution < -0.4 is 16.0 Å². The van der Waals surface area contributed by atoms with Crippen molar-refractivity contribution < 1.29 is 19.1 Å². The molecule has 3 atom stereocenters. The van der Waals surface area contributed by atoms with E-state index in [1.54, 1.807) is 14.2 Å². The summed E-state index contributed by atoms with van der Waals surface area (Å²) in [7, 11) is 3.24. The number of ether oxygens (including phenoxy) is 1. The minimum absolute atomic E-state index is 0.0189. The van der Waals surface area contributed by atoms with Crippen molar-refractivity contribution in [3.05, 3.63) is 36.0 Å². The molecule has 35 heavy (non-hydrogen) atoms. The Morgan fingerprint density at radius 1 is 1.09 bits per heavy atom. The number of hydrogen-bond donors (Lipinski definition) is 3. The minimum Gasteiger partial charge on any atom is -0.380 e. The first-order chi connectivity index (χ1) is 16.8. The monoisotopic (exact) mass is 490 g/mol. The number of carbonyl (C=O) groups is 3. The van der Waals surface area contributed by atoms with Crippen molar-refractivity contribution in [2.45, 2.75) is 71.4 Å². The number of hydrogen-bond acceptors (Lipinski definition) is 5. The SMILES string of the molecule is CCC(C)C(NC[C@@H](C)OC)C(=O)N(C)CC(=O)NCC(=O)NCCCC/C1=C/C/C=C\C=C/C1. The fraction of sp³-hybridized carbons (Fsp3) is 0.667. The predicted octanol–water partition coefficient (Wildman–Crippen LogP) is 2.72. The summed E-state index contributed by atoms with van der Waals surface area (Å²) in [6.07, 6.45) is 16.4. The van der Waals surface area contributed by atoms with E-state index in [1.807, 2.05) is 20.8 Å². The van der Waals surface area contributed by atoms with Gasteiger partial charge in [-0.15, -0.1) is 0 Å². The van der Waals surface area contributed by atoms with Gasteiger partial charge >= 0.3 is 0 Å². The van der Waals surface area contributed by atoms with Crippen LogP contribution in [0.25, 0.3) is 0 Å². The van der Waals surface area contributed by atoms with Crippen molar-refractivity contribution in [3.8, 4) is 0 Å². The van der Waals surface area contributed by atoms with Gasteiger partial charge in [0, 0.05) is 27.2 Å². The first-order valence-corrected chi connectivity index (χ1v) is 12.8. The summed E-state index contributed by atoms with van der Waals surface area (Å²) in [6, 6.07) is -0.399. The van der Waals surface area contributed by atoms with Gasteiger partial charge in [-0.05, 0) is 44.9 Å². The van der Waals surface area contributed by atoms with Gasteiger partial charge in [0.25, 0.3) is 0 Å². The van der Waals surface area contributed by atoms with E-state index < -0.39 is 6.04 Å². The van der Waals surface area contributed by atoms with Crippen LogP contribution in [-0.2, 0) is 19.1 Å². The lowest BCUT2D eigenvalue weighted by atomic mass is 9.97. The molecule has 0 saturated carbocycles. The highest BCUT2D eigenvalue weighted by atomic mass is 16.5. The van der Waals surface area contributed by atoms with Gasteiger partial charge in [0.05, 0.1) is 25.2 Å². The highest BCUT2D eigenvalue weighted by Gasteiger charge is 2.27. The maximum atomic E-state index is 12.9. The Balaban J connectivity index is 2.30. The number of nitrogens with zero attached hydrogens (tertiary/aromatic N) is 1. The quantitative estimate of drug-likeness (QED) is 0.228. The Morgan fingerprint density at radius 3 is 2.54 bits per heavy atom. The molecule has 0 aliphatic heterocycles. The molecule has 2 unspecified atom stereocenters. The summed E-state index contributed by atoms with van der Waals surface area (Å²) in [4.78, 5) is 38.7. The lowest BCUT2D eigenvalue weighted by Crippen LogP contribution is -2.52. The van der Waals surface area contributed by atoms with Crippen molar-refractivity contribution in [1.29, 1.82) is 0 Å². The molecule has 0 spiro atoms. The lowest BCUT2D eigenvalue weighted by molar-refractivity contribution is -0.137. The molecule has 198 valence electrons. The normalized spacial score (nSPS) is 19.2. The van der Waals surface area contributed by atoms with Crippen molar-refractivity contribution in [2.75, 3.05) is 40.3 Å². The summed E-state index contributed by atoms with van der Waals surface area (Å²) >= 11 is 0. The number of carbonyl (C=O) groups excluding carboxylic acids is 3. The van der Waals surface area contributed by atoms with Crippen molar-refractivity contribution in [3.63, 3.8) is 0 Å². The number of nitrogens with one attached hydrogen (secondary N) is 3. The fourth-order valence-corrected chi connectivity index (χ4v) is 3.65. The van der Waals surface area contributed by atoms with Crippen molar-refractivity contribution in [2.24, 2.45) is 5.92 Å². The van der Waals surface area contributed by atoms with Gasteiger partial charge in [0.1, 0.15) is 0 Å².